The number of amides is 2. The Bertz CT molecular complexity index is 1080. The predicted molar refractivity (Wildman–Crippen MR) is 121 cm³/mol. The van der Waals surface area contributed by atoms with Gasteiger partial charge in [0.1, 0.15) is 6.07 Å². The average molecular weight is 454 g/mol. The first kappa shape index (κ1) is 23.3. The molecule has 0 radical (unpaired) electrons. The van der Waals surface area contributed by atoms with Crippen LogP contribution in [0.15, 0.2) is 42.5 Å². The van der Waals surface area contributed by atoms with Gasteiger partial charge in [0, 0.05) is 23.7 Å². The number of halogens is 1. The van der Waals surface area contributed by atoms with E-state index in [9.17, 15) is 14.4 Å². The molecule has 2 atom stereocenters. The summed E-state index contributed by atoms with van der Waals surface area (Å²) in [6.45, 7) is 3.87. The number of carbonyl (C=O) groups is 3. The number of nitriles is 1. The van der Waals surface area contributed by atoms with Crippen LogP contribution >= 0.6 is 11.6 Å². The number of hydrogen-bond donors (Lipinski definition) is 1. The maximum Gasteiger partial charge on any atom is 0.311 e. The molecule has 1 aliphatic rings. The van der Waals surface area contributed by atoms with Gasteiger partial charge < -0.3 is 15.0 Å². The number of nitrogens with zero attached hydrogens (tertiary/aromatic N) is 2. The van der Waals surface area contributed by atoms with Gasteiger partial charge in [0.2, 0.25) is 5.91 Å². The van der Waals surface area contributed by atoms with Crippen LogP contribution in [0.2, 0.25) is 5.02 Å². The lowest BCUT2D eigenvalue weighted by atomic mass is 9.96. The summed E-state index contributed by atoms with van der Waals surface area (Å²) < 4.78 is 5.15. The van der Waals surface area contributed by atoms with Crippen LogP contribution in [0.1, 0.15) is 43.7 Å². The normalized spacial score (nSPS) is 16.4. The highest BCUT2D eigenvalue weighted by Gasteiger charge is 2.37. The van der Waals surface area contributed by atoms with Crippen LogP contribution in [-0.2, 0) is 19.1 Å². The van der Waals surface area contributed by atoms with Gasteiger partial charge in [-0.1, -0.05) is 43.6 Å². The zero-order valence-electron chi connectivity index (χ0n) is 17.9. The third-order valence-electron chi connectivity index (χ3n) is 5.55. The Labute approximate surface area is 191 Å². The predicted octanol–water partition coefficient (Wildman–Crippen LogP) is 4.26. The number of rotatable bonds is 7. The maximum atomic E-state index is 12.6. The fourth-order valence-corrected chi connectivity index (χ4v) is 3.80. The first-order chi connectivity index (χ1) is 15.3. The molecule has 3 rings (SSSR count). The summed E-state index contributed by atoms with van der Waals surface area (Å²) in [5.41, 5.74) is 2.35. The van der Waals surface area contributed by atoms with Gasteiger partial charge >= 0.3 is 5.97 Å². The molecular weight excluding hydrogens is 430 g/mol. The van der Waals surface area contributed by atoms with Gasteiger partial charge in [-0.3, -0.25) is 14.4 Å². The molecule has 2 aromatic rings. The van der Waals surface area contributed by atoms with Crippen LogP contribution in [0.5, 0.6) is 0 Å². The number of carbonyl (C=O) groups excluding carboxylic acids is 3. The minimum atomic E-state index is -0.652. The van der Waals surface area contributed by atoms with Crippen LogP contribution in [0, 0.1) is 17.2 Å². The maximum absolute atomic E-state index is 12.6. The monoisotopic (exact) mass is 453 g/mol. The Morgan fingerprint density at radius 2 is 2.06 bits per heavy atom. The second-order valence-corrected chi connectivity index (χ2v) is 8.17. The molecule has 2 aromatic carbocycles. The minimum Gasteiger partial charge on any atom is -0.455 e. The van der Waals surface area contributed by atoms with E-state index >= 15 is 0 Å². The van der Waals surface area contributed by atoms with Crippen molar-refractivity contribution in [3.63, 3.8) is 0 Å². The fraction of sp³-hybridized carbons (Fsp3) is 0.333. The molecule has 8 heteroatoms. The Morgan fingerprint density at radius 1 is 1.31 bits per heavy atom. The molecule has 32 heavy (non-hydrogen) atoms. The van der Waals surface area contributed by atoms with Crippen LogP contribution < -0.4 is 10.2 Å². The number of nitrogens with one attached hydrogen (secondary N) is 1. The molecule has 1 heterocycles. The van der Waals surface area contributed by atoms with Crippen LogP contribution in [0.25, 0.3) is 0 Å². The van der Waals surface area contributed by atoms with E-state index < -0.39 is 24.4 Å². The number of hydrogen-bond acceptors (Lipinski definition) is 5. The van der Waals surface area contributed by atoms with Crippen LogP contribution in [-0.4, -0.2) is 30.9 Å². The van der Waals surface area contributed by atoms with Crippen molar-refractivity contribution in [3.05, 3.63) is 58.6 Å². The molecular formula is C24H24ClN3O4. The molecule has 0 saturated carbocycles. The van der Waals surface area contributed by atoms with Crippen LogP contribution in [0.3, 0.4) is 0 Å². The van der Waals surface area contributed by atoms with E-state index in [1.807, 2.05) is 30.3 Å². The van der Waals surface area contributed by atoms with Gasteiger partial charge in [0.15, 0.2) is 6.61 Å². The number of benzene rings is 2. The highest BCUT2D eigenvalue weighted by molar-refractivity contribution is 6.31. The zero-order valence-corrected chi connectivity index (χ0v) is 18.7. The molecule has 1 saturated heterocycles. The van der Waals surface area contributed by atoms with E-state index in [2.05, 4.69) is 19.2 Å². The van der Waals surface area contributed by atoms with E-state index in [1.54, 1.807) is 4.90 Å². The summed E-state index contributed by atoms with van der Waals surface area (Å²) in [7, 11) is 0. The zero-order chi connectivity index (χ0) is 23.3. The molecule has 1 aliphatic heterocycles. The topological polar surface area (TPSA) is 99.5 Å². The number of anilines is 2. The van der Waals surface area contributed by atoms with Gasteiger partial charge in [0.25, 0.3) is 5.91 Å². The highest BCUT2D eigenvalue weighted by atomic mass is 35.5. The first-order valence-corrected chi connectivity index (χ1v) is 10.8. The molecule has 0 spiro atoms. The van der Waals surface area contributed by atoms with Crippen molar-refractivity contribution in [2.75, 3.05) is 23.4 Å². The first-order valence-electron chi connectivity index (χ1n) is 10.4. The van der Waals surface area contributed by atoms with Gasteiger partial charge in [-0.25, -0.2) is 0 Å². The molecule has 166 valence electrons. The second-order valence-electron chi connectivity index (χ2n) is 7.73. The second kappa shape index (κ2) is 10.3. The minimum absolute atomic E-state index is 0.0299. The van der Waals surface area contributed by atoms with E-state index in [1.165, 1.54) is 18.2 Å². The average Bonchev–Trinajstić information content (AvgIpc) is 3.18. The lowest BCUT2D eigenvalue weighted by Crippen LogP contribution is -2.29. The summed E-state index contributed by atoms with van der Waals surface area (Å²) in [6.07, 6.45) is 0.960. The molecule has 1 fully saturated rings. The van der Waals surface area contributed by atoms with Gasteiger partial charge in [0.05, 0.1) is 17.2 Å². The summed E-state index contributed by atoms with van der Waals surface area (Å²) in [5, 5.41) is 12.0. The molecule has 7 nitrogen and oxygen atoms in total. The lowest BCUT2D eigenvalue weighted by molar-refractivity contribution is -0.151. The van der Waals surface area contributed by atoms with Crippen molar-refractivity contribution in [2.24, 2.45) is 5.92 Å². The summed E-state index contributed by atoms with van der Waals surface area (Å²) in [6, 6.07) is 14.1. The van der Waals surface area contributed by atoms with Crippen molar-refractivity contribution in [1.82, 2.24) is 0 Å². The Balaban J connectivity index is 1.61. The molecule has 0 unspecified atom stereocenters. The Morgan fingerprint density at radius 3 is 2.78 bits per heavy atom. The van der Waals surface area contributed by atoms with E-state index in [0.29, 0.717) is 5.02 Å². The van der Waals surface area contributed by atoms with Crippen molar-refractivity contribution < 1.29 is 19.1 Å². The number of ether oxygens (including phenoxy) is 1. The Hall–Kier alpha value is -3.37. The van der Waals surface area contributed by atoms with E-state index in [0.717, 1.165) is 17.7 Å². The van der Waals surface area contributed by atoms with Gasteiger partial charge in [-0.05, 0) is 42.2 Å². The lowest BCUT2D eigenvalue weighted by Gasteiger charge is -2.23. The summed E-state index contributed by atoms with van der Waals surface area (Å²) in [5.74, 6) is -1.73. The van der Waals surface area contributed by atoms with E-state index in [4.69, 9.17) is 21.6 Å². The summed E-state index contributed by atoms with van der Waals surface area (Å²) >= 11 is 5.91. The quantitative estimate of drug-likeness (QED) is 0.631. The van der Waals surface area contributed by atoms with Gasteiger partial charge in [-0.2, -0.15) is 5.26 Å². The Kier molecular flexibility index (Phi) is 7.49. The molecule has 2 amide bonds. The molecule has 0 bridgehead atoms. The highest BCUT2D eigenvalue weighted by Crippen LogP contribution is 2.33. The third kappa shape index (κ3) is 5.27. The summed E-state index contributed by atoms with van der Waals surface area (Å²) in [4.78, 5) is 39.0. The van der Waals surface area contributed by atoms with Gasteiger partial charge in [-0.15, -0.1) is 0 Å². The smallest absolute Gasteiger partial charge is 0.311 e. The van der Waals surface area contributed by atoms with E-state index in [-0.39, 0.29) is 36.0 Å². The standard InChI is InChI=1S/C24H24ClN3O4/c1-3-15(2)19-6-4-5-7-21(19)28-13-17(10-23(28)30)24(31)32-14-22(29)27-20-11-18(25)9-8-16(20)12-26/h4-9,11,15,17H,3,10,13-14H2,1-2H3,(H,27,29)/t15-,17-/m0/s1. The molecule has 0 aromatic heterocycles. The van der Waals surface area contributed by atoms with Crippen molar-refractivity contribution >= 4 is 40.8 Å². The number of esters is 1. The van der Waals surface area contributed by atoms with Crippen molar-refractivity contribution in [2.45, 2.75) is 32.6 Å². The largest absolute Gasteiger partial charge is 0.455 e. The van der Waals surface area contributed by atoms with Crippen molar-refractivity contribution in [1.29, 1.82) is 5.26 Å². The van der Waals surface area contributed by atoms with Crippen molar-refractivity contribution in [3.8, 4) is 6.07 Å². The number of para-hydroxylation sites is 1. The fourth-order valence-electron chi connectivity index (χ4n) is 3.63. The SMILES string of the molecule is CC[C@H](C)c1ccccc1N1C[C@@H](C(=O)OCC(=O)Nc2cc(Cl)ccc2C#N)CC1=O. The molecule has 0 aliphatic carbocycles. The molecule has 1 N–H and O–H groups in total. The third-order valence-corrected chi connectivity index (χ3v) is 5.79. The van der Waals surface area contributed by atoms with Crippen LogP contribution in [0.4, 0.5) is 11.4 Å².